The molecule has 2 atom stereocenters. The Balaban J connectivity index is 2.02. The van der Waals surface area contributed by atoms with Gasteiger partial charge in [0, 0.05) is 5.56 Å². The number of amides is 1. The fourth-order valence-corrected chi connectivity index (χ4v) is 5.76. The van der Waals surface area contributed by atoms with Crippen molar-refractivity contribution in [2.45, 2.75) is 38.9 Å². The zero-order valence-electron chi connectivity index (χ0n) is 19.7. The van der Waals surface area contributed by atoms with E-state index >= 15 is 0 Å². The number of hydrogen-bond acceptors (Lipinski definition) is 8. The molecule has 0 spiro atoms. The lowest BCUT2D eigenvalue weighted by atomic mass is 9.82. The molecule has 184 valence electrons. The van der Waals surface area contributed by atoms with Gasteiger partial charge in [0.2, 0.25) is 5.91 Å². The van der Waals surface area contributed by atoms with Crippen molar-refractivity contribution in [1.82, 2.24) is 14.7 Å². The number of halogens is 1. The SMILES string of the molecule is CCOC(=O)C1=C(N)N2C(=O)[C@H](C)SC2=C(C(=O)OCC)[C@@H]1c1c(C)nn(-c2ccccc2)c1Cl. The van der Waals surface area contributed by atoms with Crippen LogP contribution in [-0.2, 0) is 23.9 Å². The van der Waals surface area contributed by atoms with Gasteiger partial charge >= 0.3 is 11.9 Å². The van der Waals surface area contributed by atoms with Crippen LogP contribution in [0.2, 0.25) is 5.15 Å². The number of carbonyl (C=O) groups excluding carboxylic acids is 3. The monoisotopic (exact) mass is 516 g/mol. The van der Waals surface area contributed by atoms with Crippen molar-refractivity contribution >= 4 is 41.2 Å². The van der Waals surface area contributed by atoms with E-state index in [-0.39, 0.29) is 41.2 Å². The topological polar surface area (TPSA) is 117 Å². The highest BCUT2D eigenvalue weighted by molar-refractivity contribution is 8.04. The second-order valence-electron chi connectivity index (χ2n) is 7.86. The first kappa shape index (κ1) is 24.9. The van der Waals surface area contributed by atoms with Crippen LogP contribution in [0, 0.1) is 6.92 Å². The van der Waals surface area contributed by atoms with Crippen LogP contribution in [0.25, 0.3) is 5.69 Å². The molecule has 2 N–H and O–H groups in total. The summed E-state index contributed by atoms with van der Waals surface area (Å²) in [7, 11) is 0. The van der Waals surface area contributed by atoms with Gasteiger partial charge in [-0.2, -0.15) is 5.10 Å². The molecule has 2 aliphatic rings. The van der Waals surface area contributed by atoms with Crippen LogP contribution in [0.5, 0.6) is 0 Å². The number of nitrogens with zero attached hydrogens (tertiary/aromatic N) is 3. The van der Waals surface area contributed by atoms with Gasteiger partial charge in [-0.3, -0.25) is 9.69 Å². The number of nitrogens with two attached hydrogens (primary N) is 1. The highest BCUT2D eigenvalue weighted by Crippen LogP contribution is 2.51. The van der Waals surface area contributed by atoms with E-state index < -0.39 is 23.1 Å². The fourth-order valence-electron chi connectivity index (χ4n) is 4.21. The maximum Gasteiger partial charge on any atom is 0.338 e. The number of benzene rings is 1. The number of carbonyl (C=O) groups is 3. The number of rotatable bonds is 6. The summed E-state index contributed by atoms with van der Waals surface area (Å²) in [6.07, 6.45) is 0. The molecule has 1 fully saturated rings. The van der Waals surface area contributed by atoms with Gasteiger partial charge in [-0.25, -0.2) is 14.3 Å². The predicted molar refractivity (Wildman–Crippen MR) is 131 cm³/mol. The molecule has 35 heavy (non-hydrogen) atoms. The van der Waals surface area contributed by atoms with Crippen LogP contribution < -0.4 is 5.73 Å². The third-order valence-corrected chi connectivity index (χ3v) is 7.26. The van der Waals surface area contributed by atoms with E-state index in [1.807, 2.05) is 30.3 Å². The van der Waals surface area contributed by atoms with Gasteiger partial charge in [-0.05, 0) is 39.8 Å². The van der Waals surface area contributed by atoms with Crippen molar-refractivity contribution in [2.24, 2.45) is 5.73 Å². The molecule has 0 bridgehead atoms. The Labute approximate surface area is 211 Å². The molecule has 0 saturated carbocycles. The van der Waals surface area contributed by atoms with Crippen molar-refractivity contribution in [2.75, 3.05) is 13.2 Å². The highest BCUT2D eigenvalue weighted by Gasteiger charge is 2.50. The maximum atomic E-state index is 13.4. The van der Waals surface area contributed by atoms with Crippen LogP contribution in [0.3, 0.4) is 0 Å². The zero-order valence-corrected chi connectivity index (χ0v) is 21.3. The van der Waals surface area contributed by atoms with E-state index in [2.05, 4.69) is 5.10 Å². The van der Waals surface area contributed by atoms with Gasteiger partial charge in [0.25, 0.3) is 0 Å². The van der Waals surface area contributed by atoms with Crippen molar-refractivity contribution < 1.29 is 23.9 Å². The molecule has 9 nitrogen and oxygen atoms in total. The van der Waals surface area contributed by atoms with E-state index in [0.29, 0.717) is 22.0 Å². The lowest BCUT2D eigenvalue weighted by Crippen LogP contribution is -2.40. The predicted octanol–water partition coefficient (Wildman–Crippen LogP) is 3.40. The average molecular weight is 517 g/mol. The quantitative estimate of drug-likeness (QED) is 0.580. The Bertz CT molecular complexity index is 1270. The molecule has 0 unspecified atom stereocenters. The lowest BCUT2D eigenvalue weighted by Gasteiger charge is -2.33. The Morgan fingerprint density at radius 1 is 1.11 bits per heavy atom. The molecule has 11 heteroatoms. The number of aryl methyl sites for hydroxylation is 1. The minimum atomic E-state index is -1.05. The van der Waals surface area contributed by atoms with Crippen molar-refractivity contribution in [1.29, 1.82) is 0 Å². The Morgan fingerprint density at radius 3 is 2.31 bits per heavy atom. The summed E-state index contributed by atoms with van der Waals surface area (Å²) >= 11 is 8.05. The van der Waals surface area contributed by atoms with Crippen LogP contribution in [-0.4, -0.2) is 51.0 Å². The molecule has 0 aliphatic carbocycles. The van der Waals surface area contributed by atoms with E-state index in [4.69, 9.17) is 26.8 Å². The van der Waals surface area contributed by atoms with Gasteiger partial charge < -0.3 is 15.2 Å². The van der Waals surface area contributed by atoms with Crippen molar-refractivity contribution in [3.63, 3.8) is 0 Å². The number of fused-ring (bicyclic) bond motifs is 1. The summed E-state index contributed by atoms with van der Waals surface area (Å²) in [5.41, 5.74) is 8.08. The van der Waals surface area contributed by atoms with Crippen LogP contribution in [0.15, 0.2) is 52.3 Å². The van der Waals surface area contributed by atoms with Gasteiger partial charge in [0.05, 0.1) is 51.9 Å². The first-order chi connectivity index (χ1) is 16.7. The molecule has 1 saturated heterocycles. The van der Waals surface area contributed by atoms with Crippen LogP contribution in [0.4, 0.5) is 0 Å². The third kappa shape index (κ3) is 4.10. The summed E-state index contributed by atoms with van der Waals surface area (Å²) < 4.78 is 12.2. The minimum absolute atomic E-state index is 0.0562. The first-order valence-corrected chi connectivity index (χ1v) is 12.4. The Hall–Kier alpha value is -3.24. The summed E-state index contributed by atoms with van der Waals surface area (Å²) in [4.78, 5) is 40.8. The lowest BCUT2D eigenvalue weighted by molar-refractivity contribution is -0.139. The Morgan fingerprint density at radius 2 is 1.71 bits per heavy atom. The standard InChI is InChI=1S/C24H25ClN4O5S/c1-5-33-23(31)17-16(15-12(3)27-29(19(15)25)14-10-8-7-9-11-14)18(24(32)34-6-2)22-28(20(17)26)21(30)13(4)35-22/h7-11,13,16H,5-6,26H2,1-4H3/t13-,16+/m0/s1. The summed E-state index contributed by atoms with van der Waals surface area (Å²) in [5, 5.41) is 4.59. The Kier molecular flexibility index (Phi) is 6.95. The molecule has 3 heterocycles. The maximum absolute atomic E-state index is 13.4. The van der Waals surface area contributed by atoms with Crippen LogP contribution in [0.1, 0.15) is 37.9 Å². The van der Waals surface area contributed by atoms with Gasteiger partial charge in [-0.15, -0.1) is 0 Å². The molecular formula is C24H25ClN4O5S. The highest BCUT2D eigenvalue weighted by atomic mass is 35.5. The molecule has 2 aromatic rings. The molecule has 0 radical (unpaired) electrons. The average Bonchev–Trinajstić information content (AvgIpc) is 3.29. The fraction of sp³-hybridized carbons (Fsp3) is 0.333. The first-order valence-electron chi connectivity index (χ1n) is 11.1. The van der Waals surface area contributed by atoms with Crippen molar-refractivity contribution in [3.05, 3.63) is 68.7 Å². The smallest absolute Gasteiger partial charge is 0.338 e. The third-order valence-electron chi connectivity index (χ3n) is 5.71. The second-order valence-corrected chi connectivity index (χ2v) is 9.55. The van der Waals surface area contributed by atoms with E-state index in [1.54, 1.807) is 27.7 Å². The zero-order chi connectivity index (χ0) is 25.4. The van der Waals surface area contributed by atoms with Gasteiger partial charge in [0.15, 0.2) is 0 Å². The molecule has 4 rings (SSSR count). The van der Waals surface area contributed by atoms with E-state index in [1.165, 1.54) is 21.3 Å². The van der Waals surface area contributed by atoms with E-state index in [9.17, 15) is 14.4 Å². The number of esters is 2. The number of hydrogen-bond donors (Lipinski definition) is 1. The normalized spacial score (nSPS) is 19.8. The largest absolute Gasteiger partial charge is 0.463 e. The summed E-state index contributed by atoms with van der Waals surface area (Å²) in [6.45, 7) is 6.94. The minimum Gasteiger partial charge on any atom is -0.463 e. The van der Waals surface area contributed by atoms with E-state index in [0.717, 1.165) is 0 Å². The number of para-hydroxylation sites is 1. The molecule has 1 amide bonds. The molecule has 2 aliphatic heterocycles. The van der Waals surface area contributed by atoms with Crippen molar-refractivity contribution in [3.8, 4) is 5.69 Å². The number of thioether (sulfide) groups is 1. The summed E-state index contributed by atoms with van der Waals surface area (Å²) in [5.74, 6) is -2.91. The van der Waals surface area contributed by atoms with Gasteiger partial charge in [-0.1, -0.05) is 41.6 Å². The summed E-state index contributed by atoms with van der Waals surface area (Å²) in [6, 6.07) is 9.22. The van der Waals surface area contributed by atoms with Gasteiger partial charge in [0.1, 0.15) is 11.0 Å². The number of ether oxygens (including phenoxy) is 2. The molecule has 1 aromatic heterocycles. The van der Waals surface area contributed by atoms with Crippen LogP contribution >= 0.6 is 23.4 Å². The number of aromatic nitrogens is 2. The molecular weight excluding hydrogens is 492 g/mol. The second kappa shape index (κ2) is 9.79. The molecule has 1 aromatic carbocycles.